The zero-order valence-corrected chi connectivity index (χ0v) is 11.8. The minimum Gasteiger partial charge on any atom is -0.311 e. The van der Waals surface area contributed by atoms with Crippen molar-refractivity contribution >= 4 is 0 Å². The Kier molecular flexibility index (Phi) is 5.44. The third-order valence-electron chi connectivity index (χ3n) is 3.94. The van der Waals surface area contributed by atoms with Gasteiger partial charge in [0.1, 0.15) is 0 Å². The van der Waals surface area contributed by atoms with Crippen LogP contribution in [-0.2, 0) is 0 Å². The quantitative estimate of drug-likeness (QED) is 0.644. The topological polar surface area (TPSA) is 15.3 Å². The Balaban J connectivity index is 2.04. The van der Waals surface area contributed by atoms with Crippen LogP contribution in [0.1, 0.15) is 37.8 Å². The SMILES string of the molecule is C#CCCCN1CC(CC)NCC1c1ccccc1. The minimum atomic E-state index is 0.488. The van der Waals surface area contributed by atoms with Crippen molar-refractivity contribution in [2.75, 3.05) is 19.6 Å². The average Bonchev–Trinajstić information content (AvgIpc) is 2.48. The molecular weight excluding hydrogens is 232 g/mol. The summed E-state index contributed by atoms with van der Waals surface area (Å²) in [6.45, 7) is 5.52. The lowest BCUT2D eigenvalue weighted by Crippen LogP contribution is -2.52. The van der Waals surface area contributed by atoms with E-state index in [1.807, 2.05) is 0 Å². The van der Waals surface area contributed by atoms with E-state index in [0.717, 1.165) is 32.5 Å². The summed E-state index contributed by atoms with van der Waals surface area (Å²) in [6.07, 6.45) is 8.52. The van der Waals surface area contributed by atoms with Gasteiger partial charge in [-0.05, 0) is 24.9 Å². The van der Waals surface area contributed by atoms with E-state index in [-0.39, 0.29) is 0 Å². The van der Waals surface area contributed by atoms with Gasteiger partial charge in [0.2, 0.25) is 0 Å². The highest BCUT2D eigenvalue weighted by atomic mass is 15.2. The van der Waals surface area contributed by atoms with Crippen molar-refractivity contribution in [2.45, 2.75) is 38.3 Å². The van der Waals surface area contributed by atoms with Crippen molar-refractivity contribution in [3.8, 4) is 12.3 Å². The summed E-state index contributed by atoms with van der Waals surface area (Å²) < 4.78 is 0. The van der Waals surface area contributed by atoms with E-state index in [1.165, 1.54) is 12.0 Å². The molecule has 0 radical (unpaired) electrons. The second-order valence-corrected chi connectivity index (χ2v) is 5.24. The Morgan fingerprint density at radius 3 is 2.84 bits per heavy atom. The molecule has 102 valence electrons. The fourth-order valence-electron chi connectivity index (χ4n) is 2.79. The first-order valence-electron chi connectivity index (χ1n) is 7.31. The fourth-order valence-corrected chi connectivity index (χ4v) is 2.79. The molecule has 1 aliphatic rings. The molecule has 2 atom stereocenters. The Hall–Kier alpha value is -1.30. The number of benzene rings is 1. The van der Waals surface area contributed by atoms with Crippen LogP contribution in [0.3, 0.4) is 0 Å². The highest BCUT2D eigenvalue weighted by Gasteiger charge is 2.27. The summed E-state index contributed by atoms with van der Waals surface area (Å²) in [5.74, 6) is 2.74. The molecule has 2 unspecified atom stereocenters. The average molecular weight is 256 g/mol. The van der Waals surface area contributed by atoms with E-state index < -0.39 is 0 Å². The number of unbranched alkanes of at least 4 members (excludes halogenated alkanes) is 1. The zero-order valence-electron chi connectivity index (χ0n) is 11.8. The number of nitrogens with zero attached hydrogens (tertiary/aromatic N) is 1. The Morgan fingerprint density at radius 1 is 1.37 bits per heavy atom. The van der Waals surface area contributed by atoms with E-state index in [2.05, 4.69) is 53.4 Å². The third kappa shape index (κ3) is 3.83. The molecule has 1 heterocycles. The molecule has 1 aliphatic heterocycles. The molecule has 2 nitrogen and oxygen atoms in total. The van der Waals surface area contributed by atoms with Crippen molar-refractivity contribution in [1.82, 2.24) is 10.2 Å². The van der Waals surface area contributed by atoms with Gasteiger partial charge in [-0.1, -0.05) is 37.3 Å². The van der Waals surface area contributed by atoms with Gasteiger partial charge >= 0.3 is 0 Å². The van der Waals surface area contributed by atoms with E-state index in [9.17, 15) is 0 Å². The van der Waals surface area contributed by atoms with Gasteiger partial charge in [0.05, 0.1) is 0 Å². The molecule has 0 aliphatic carbocycles. The molecule has 1 aromatic carbocycles. The van der Waals surface area contributed by atoms with Gasteiger partial charge in [0, 0.05) is 31.6 Å². The number of hydrogen-bond acceptors (Lipinski definition) is 2. The van der Waals surface area contributed by atoms with E-state index >= 15 is 0 Å². The summed E-state index contributed by atoms with van der Waals surface area (Å²) >= 11 is 0. The Morgan fingerprint density at radius 2 is 2.16 bits per heavy atom. The van der Waals surface area contributed by atoms with E-state index in [0.29, 0.717) is 12.1 Å². The fraction of sp³-hybridized carbons (Fsp3) is 0.529. The van der Waals surface area contributed by atoms with Gasteiger partial charge in [-0.3, -0.25) is 4.90 Å². The lowest BCUT2D eigenvalue weighted by atomic mass is 9.99. The molecule has 1 N–H and O–H groups in total. The lowest BCUT2D eigenvalue weighted by molar-refractivity contribution is 0.127. The van der Waals surface area contributed by atoms with Gasteiger partial charge in [-0.15, -0.1) is 12.3 Å². The van der Waals surface area contributed by atoms with Crippen LogP contribution in [-0.4, -0.2) is 30.6 Å². The number of piperazine rings is 1. The monoisotopic (exact) mass is 256 g/mol. The van der Waals surface area contributed by atoms with E-state index in [1.54, 1.807) is 0 Å². The molecule has 0 spiro atoms. The summed E-state index contributed by atoms with van der Waals surface area (Å²) in [5, 5.41) is 3.66. The molecule has 0 bridgehead atoms. The molecule has 2 rings (SSSR count). The van der Waals surface area contributed by atoms with Gasteiger partial charge in [0.25, 0.3) is 0 Å². The normalized spacial score (nSPS) is 24.0. The van der Waals surface area contributed by atoms with Crippen molar-refractivity contribution < 1.29 is 0 Å². The maximum absolute atomic E-state index is 5.36. The predicted octanol–water partition coefficient (Wildman–Crippen LogP) is 2.82. The Bertz CT molecular complexity index is 407. The summed E-state index contributed by atoms with van der Waals surface area (Å²) in [5.41, 5.74) is 1.41. The van der Waals surface area contributed by atoms with Crippen molar-refractivity contribution in [2.24, 2.45) is 0 Å². The molecule has 0 amide bonds. The zero-order chi connectivity index (χ0) is 13.5. The second kappa shape index (κ2) is 7.33. The van der Waals surface area contributed by atoms with Gasteiger partial charge < -0.3 is 5.32 Å². The maximum Gasteiger partial charge on any atom is 0.0473 e. The summed E-state index contributed by atoms with van der Waals surface area (Å²) in [4.78, 5) is 2.59. The first-order chi connectivity index (χ1) is 9.35. The van der Waals surface area contributed by atoms with Crippen LogP contribution >= 0.6 is 0 Å². The van der Waals surface area contributed by atoms with Crippen LogP contribution in [0.25, 0.3) is 0 Å². The number of terminal acetylenes is 1. The lowest BCUT2D eigenvalue weighted by Gasteiger charge is -2.40. The second-order valence-electron chi connectivity index (χ2n) is 5.24. The standard InChI is InChI=1S/C17H24N2/c1-3-5-9-12-19-14-16(4-2)18-13-17(19)15-10-7-6-8-11-15/h1,6-8,10-11,16-18H,4-5,9,12-14H2,2H3. The third-order valence-corrected chi connectivity index (χ3v) is 3.94. The summed E-state index contributed by atoms with van der Waals surface area (Å²) in [7, 11) is 0. The predicted molar refractivity (Wildman–Crippen MR) is 80.9 cm³/mol. The molecule has 0 saturated carbocycles. The van der Waals surface area contributed by atoms with Gasteiger partial charge in [-0.2, -0.15) is 0 Å². The molecule has 0 aromatic heterocycles. The minimum absolute atomic E-state index is 0.488. The number of rotatable bonds is 5. The smallest absolute Gasteiger partial charge is 0.0473 e. The first kappa shape index (κ1) is 14.1. The number of nitrogens with one attached hydrogen (secondary N) is 1. The van der Waals surface area contributed by atoms with Crippen molar-refractivity contribution in [3.05, 3.63) is 35.9 Å². The molecule has 19 heavy (non-hydrogen) atoms. The molecular formula is C17H24N2. The summed E-state index contributed by atoms with van der Waals surface area (Å²) in [6, 6.07) is 11.9. The van der Waals surface area contributed by atoms with E-state index in [4.69, 9.17) is 6.42 Å². The van der Waals surface area contributed by atoms with Gasteiger partial charge in [0.15, 0.2) is 0 Å². The van der Waals surface area contributed by atoms with Crippen LogP contribution in [0.5, 0.6) is 0 Å². The molecule has 1 aromatic rings. The van der Waals surface area contributed by atoms with Gasteiger partial charge in [-0.25, -0.2) is 0 Å². The van der Waals surface area contributed by atoms with Crippen LogP contribution in [0.15, 0.2) is 30.3 Å². The van der Waals surface area contributed by atoms with Crippen LogP contribution in [0, 0.1) is 12.3 Å². The highest BCUT2D eigenvalue weighted by Crippen LogP contribution is 2.24. The largest absolute Gasteiger partial charge is 0.311 e. The van der Waals surface area contributed by atoms with Crippen LogP contribution in [0.4, 0.5) is 0 Å². The highest BCUT2D eigenvalue weighted by molar-refractivity contribution is 5.20. The molecule has 2 heteroatoms. The number of hydrogen-bond donors (Lipinski definition) is 1. The van der Waals surface area contributed by atoms with Crippen LogP contribution in [0.2, 0.25) is 0 Å². The van der Waals surface area contributed by atoms with Crippen molar-refractivity contribution in [3.63, 3.8) is 0 Å². The van der Waals surface area contributed by atoms with Crippen molar-refractivity contribution in [1.29, 1.82) is 0 Å². The maximum atomic E-state index is 5.36. The molecule has 1 fully saturated rings. The molecule has 1 saturated heterocycles. The first-order valence-corrected chi connectivity index (χ1v) is 7.31. The Labute approximate surface area is 117 Å². The van der Waals surface area contributed by atoms with Crippen LogP contribution < -0.4 is 5.32 Å².